The highest BCUT2D eigenvalue weighted by atomic mass is 19.1. The van der Waals surface area contributed by atoms with Crippen LogP contribution in [-0.4, -0.2) is 73.5 Å². The van der Waals surface area contributed by atoms with Crippen LogP contribution in [0.1, 0.15) is 40.5 Å². The van der Waals surface area contributed by atoms with E-state index in [1.165, 1.54) is 0 Å². The Hall–Kier alpha value is -3.00. The summed E-state index contributed by atoms with van der Waals surface area (Å²) in [5.74, 6) is -2.05. The Morgan fingerprint density at radius 1 is 0.939 bits per heavy atom. The third-order valence-corrected chi connectivity index (χ3v) is 6.59. The van der Waals surface area contributed by atoms with Gasteiger partial charge in [0.1, 0.15) is 11.6 Å². The second-order valence-corrected chi connectivity index (χ2v) is 8.60. The van der Waals surface area contributed by atoms with Crippen LogP contribution in [0.2, 0.25) is 0 Å². The third kappa shape index (κ3) is 5.33. The predicted octanol–water partition coefficient (Wildman–Crippen LogP) is 3.14. The molecule has 2 saturated heterocycles. The van der Waals surface area contributed by atoms with Crippen LogP contribution in [0, 0.1) is 11.6 Å². The normalized spacial score (nSPS) is 17.8. The largest absolute Gasteiger partial charge is 0.371 e. The number of hydrogen-bond donors (Lipinski definition) is 1. The highest BCUT2D eigenvalue weighted by Crippen LogP contribution is 2.26. The van der Waals surface area contributed by atoms with Gasteiger partial charge in [-0.1, -0.05) is 19.1 Å². The molecule has 33 heavy (non-hydrogen) atoms. The van der Waals surface area contributed by atoms with E-state index in [2.05, 4.69) is 22.0 Å². The number of piperidine rings is 1. The van der Waals surface area contributed by atoms with Gasteiger partial charge in [-0.05, 0) is 43.7 Å². The monoisotopic (exact) mass is 456 g/mol. The standard InChI is InChI=1S/C25H30F2N4O2/c1-2-29-13-15-31(16-14-29)25(33)21-5-3-4-6-23(21)30-11-9-19(10-12-30)28-24(32)20-8-7-18(26)17-22(20)27/h3-8,17,19H,2,9-16H2,1H3,(H,28,32). The number of nitrogens with zero attached hydrogens (tertiary/aromatic N) is 3. The number of rotatable bonds is 5. The van der Waals surface area contributed by atoms with E-state index in [0.717, 1.165) is 50.5 Å². The van der Waals surface area contributed by atoms with Crippen molar-refractivity contribution in [3.05, 3.63) is 65.2 Å². The summed E-state index contributed by atoms with van der Waals surface area (Å²) in [6.45, 7) is 7.72. The SMILES string of the molecule is CCN1CCN(C(=O)c2ccccc2N2CCC(NC(=O)c3ccc(F)cc3F)CC2)CC1. The van der Waals surface area contributed by atoms with Gasteiger partial charge in [0.25, 0.3) is 11.8 Å². The summed E-state index contributed by atoms with van der Waals surface area (Å²) in [6, 6.07) is 10.5. The van der Waals surface area contributed by atoms with Crippen LogP contribution in [0.3, 0.4) is 0 Å². The first-order valence-electron chi connectivity index (χ1n) is 11.6. The smallest absolute Gasteiger partial charge is 0.256 e. The molecule has 2 aromatic carbocycles. The van der Waals surface area contributed by atoms with Gasteiger partial charge in [0, 0.05) is 57.1 Å². The van der Waals surface area contributed by atoms with Crippen molar-refractivity contribution in [3.8, 4) is 0 Å². The molecule has 0 aromatic heterocycles. The van der Waals surface area contributed by atoms with E-state index < -0.39 is 17.5 Å². The van der Waals surface area contributed by atoms with Gasteiger partial charge in [0.15, 0.2) is 0 Å². The Bertz CT molecular complexity index is 1000. The number of nitrogens with one attached hydrogen (secondary N) is 1. The molecule has 0 aliphatic carbocycles. The van der Waals surface area contributed by atoms with Crippen LogP contribution >= 0.6 is 0 Å². The molecule has 0 bridgehead atoms. The van der Waals surface area contributed by atoms with Gasteiger partial charge in [-0.15, -0.1) is 0 Å². The summed E-state index contributed by atoms with van der Waals surface area (Å²) in [6.07, 6.45) is 1.35. The number of piperazine rings is 1. The van der Waals surface area contributed by atoms with E-state index in [0.29, 0.717) is 37.6 Å². The molecule has 2 amide bonds. The third-order valence-electron chi connectivity index (χ3n) is 6.59. The summed E-state index contributed by atoms with van der Waals surface area (Å²) >= 11 is 0. The average Bonchev–Trinajstić information content (AvgIpc) is 2.84. The molecule has 2 aliphatic rings. The summed E-state index contributed by atoms with van der Waals surface area (Å²) in [7, 11) is 0. The van der Waals surface area contributed by atoms with Gasteiger partial charge < -0.3 is 20.0 Å². The van der Waals surface area contributed by atoms with Crippen LogP contribution in [0.15, 0.2) is 42.5 Å². The fourth-order valence-corrected chi connectivity index (χ4v) is 4.57. The van der Waals surface area contributed by atoms with Crippen molar-refractivity contribution >= 4 is 17.5 Å². The lowest BCUT2D eigenvalue weighted by Crippen LogP contribution is -2.49. The maximum absolute atomic E-state index is 13.9. The number of para-hydroxylation sites is 1. The van der Waals surface area contributed by atoms with E-state index in [4.69, 9.17) is 0 Å². The molecule has 176 valence electrons. The highest BCUT2D eigenvalue weighted by molar-refractivity contribution is 6.00. The molecular weight excluding hydrogens is 426 g/mol. The van der Waals surface area contributed by atoms with Gasteiger partial charge in [0.2, 0.25) is 0 Å². The Morgan fingerprint density at radius 2 is 1.64 bits per heavy atom. The van der Waals surface area contributed by atoms with Crippen LogP contribution < -0.4 is 10.2 Å². The fraction of sp³-hybridized carbons (Fsp3) is 0.440. The highest BCUT2D eigenvalue weighted by Gasteiger charge is 2.27. The minimum atomic E-state index is -0.864. The number of likely N-dealkylation sites (N-methyl/N-ethyl adjacent to an activating group) is 1. The van der Waals surface area contributed by atoms with Gasteiger partial charge in [-0.2, -0.15) is 0 Å². The van der Waals surface area contributed by atoms with Crippen molar-refractivity contribution in [2.45, 2.75) is 25.8 Å². The summed E-state index contributed by atoms with van der Waals surface area (Å²) in [5, 5.41) is 2.86. The van der Waals surface area contributed by atoms with Gasteiger partial charge in [-0.25, -0.2) is 8.78 Å². The Morgan fingerprint density at radius 3 is 2.30 bits per heavy atom. The van der Waals surface area contributed by atoms with Gasteiger partial charge >= 0.3 is 0 Å². The first-order valence-corrected chi connectivity index (χ1v) is 11.6. The minimum absolute atomic E-state index is 0.0589. The molecule has 2 aromatic rings. The van der Waals surface area contributed by atoms with Crippen LogP contribution in [-0.2, 0) is 0 Å². The molecule has 6 nitrogen and oxygen atoms in total. The molecule has 0 radical (unpaired) electrons. The average molecular weight is 457 g/mol. The molecule has 2 fully saturated rings. The second kappa shape index (κ2) is 10.3. The number of benzene rings is 2. The molecule has 2 heterocycles. The summed E-state index contributed by atoms with van der Waals surface area (Å²) in [4.78, 5) is 32.1. The zero-order valence-electron chi connectivity index (χ0n) is 18.9. The topological polar surface area (TPSA) is 55.9 Å². The van der Waals surface area contributed by atoms with Crippen molar-refractivity contribution in [2.24, 2.45) is 0 Å². The van der Waals surface area contributed by atoms with Crippen molar-refractivity contribution in [1.82, 2.24) is 15.1 Å². The van der Waals surface area contributed by atoms with E-state index in [1.54, 1.807) is 0 Å². The Labute approximate surface area is 193 Å². The number of hydrogen-bond acceptors (Lipinski definition) is 4. The number of carbonyl (C=O) groups excluding carboxylic acids is 2. The van der Waals surface area contributed by atoms with E-state index in [1.807, 2.05) is 29.2 Å². The quantitative estimate of drug-likeness (QED) is 0.751. The minimum Gasteiger partial charge on any atom is -0.371 e. The molecule has 4 rings (SSSR count). The Kier molecular flexibility index (Phi) is 7.23. The summed E-state index contributed by atoms with van der Waals surface area (Å²) < 4.78 is 27.0. The lowest BCUT2D eigenvalue weighted by Gasteiger charge is -2.37. The molecule has 1 N–H and O–H groups in total. The van der Waals surface area contributed by atoms with Gasteiger partial charge in [-0.3, -0.25) is 9.59 Å². The lowest BCUT2D eigenvalue weighted by molar-refractivity contribution is 0.0644. The zero-order chi connectivity index (χ0) is 23.4. The molecule has 8 heteroatoms. The number of carbonyl (C=O) groups is 2. The first-order chi connectivity index (χ1) is 16.0. The van der Waals surface area contributed by atoms with E-state index in [9.17, 15) is 18.4 Å². The number of anilines is 1. The lowest BCUT2D eigenvalue weighted by atomic mass is 10.0. The second-order valence-electron chi connectivity index (χ2n) is 8.60. The maximum atomic E-state index is 13.9. The first kappa shape index (κ1) is 23.2. The molecule has 0 atom stereocenters. The van der Waals surface area contributed by atoms with Crippen molar-refractivity contribution in [1.29, 1.82) is 0 Å². The van der Waals surface area contributed by atoms with Crippen molar-refractivity contribution < 1.29 is 18.4 Å². The van der Waals surface area contributed by atoms with Crippen LogP contribution in [0.4, 0.5) is 14.5 Å². The molecule has 0 unspecified atom stereocenters. The molecular formula is C25H30F2N4O2. The van der Waals surface area contributed by atoms with Crippen LogP contribution in [0.25, 0.3) is 0 Å². The van der Waals surface area contributed by atoms with E-state index >= 15 is 0 Å². The van der Waals surface area contributed by atoms with Crippen molar-refractivity contribution in [3.63, 3.8) is 0 Å². The van der Waals surface area contributed by atoms with Crippen LogP contribution in [0.5, 0.6) is 0 Å². The molecule has 2 aliphatic heterocycles. The maximum Gasteiger partial charge on any atom is 0.256 e. The fourth-order valence-electron chi connectivity index (χ4n) is 4.57. The van der Waals surface area contributed by atoms with Crippen molar-refractivity contribution in [2.75, 3.05) is 50.7 Å². The molecule has 0 saturated carbocycles. The number of amides is 2. The van der Waals surface area contributed by atoms with E-state index in [-0.39, 0.29) is 17.5 Å². The number of halogens is 2. The Balaban J connectivity index is 1.37. The summed E-state index contributed by atoms with van der Waals surface area (Å²) in [5.41, 5.74) is 1.46. The van der Waals surface area contributed by atoms with Gasteiger partial charge in [0.05, 0.1) is 11.1 Å². The molecule has 0 spiro atoms. The zero-order valence-corrected chi connectivity index (χ0v) is 18.9. The predicted molar refractivity (Wildman–Crippen MR) is 124 cm³/mol.